The van der Waals surface area contributed by atoms with Crippen molar-refractivity contribution in [3.8, 4) is 0 Å². The largest absolute Gasteiger partial charge is 0.391 e. The van der Waals surface area contributed by atoms with Gasteiger partial charge in [-0.2, -0.15) is 4.98 Å². The maximum absolute atomic E-state index is 9.58. The van der Waals surface area contributed by atoms with Gasteiger partial charge >= 0.3 is 0 Å². The van der Waals surface area contributed by atoms with Crippen LogP contribution in [-0.4, -0.2) is 34.3 Å². The fourth-order valence-electron chi connectivity index (χ4n) is 1.71. The number of aromatic nitrogens is 2. The van der Waals surface area contributed by atoms with Gasteiger partial charge in [-0.3, -0.25) is 0 Å². The summed E-state index contributed by atoms with van der Waals surface area (Å²) in [5, 5.41) is 9.84. The fourth-order valence-corrected chi connectivity index (χ4v) is 2.44. The molecule has 0 amide bonds. The van der Waals surface area contributed by atoms with E-state index in [1.54, 1.807) is 6.20 Å². The summed E-state index contributed by atoms with van der Waals surface area (Å²) in [4.78, 5) is 10.2. The van der Waals surface area contributed by atoms with Crippen LogP contribution in [-0.2, 0) is 0 Å². The van der Waals surface area contributed by atoms with Crippen molar-refractivity contribution in [1.82, 2.24) is 9.97 Å². The van der Waals surface area contributed by atoms with Gasteiger partial charge in [0.15, 0.2) is 0 Å². The Hall–Kier alpha value is -0.140. The Morgan fingerprint density at radius 1 is 1.60 bits per heavy atom. The molecule has 1 saturated heterocycles. The molecule has 1 atom stereocenters. The van der Waals surface area contributed by atoms with E-state index < -0.39 is 0 Å². The third-order valence-corrected chi connectivity index (χ3v) is 3.34. The molecule has 1 aliphatic heterocycles. The maximum atomic E-state index is 9.58. The van der Waals surface area contributed by atoms with E-state index in [1.807, 2.05) is 0 Å². The third kappa shape index (κ3) is 2.70. The quantitative estimate of drug-likeness (QED) is 0.625. The van der Waals surface area contributed by atoms with Gasteiger partial charge in [-0.25, -0.2) is 4.98 Å². The Kier molecular flexibility index (Phi) is 3.63. The highest BCUT2D eigenvalue weighted by atomic mass is 127. The topological polar surface area (TPSA) is 49.2 Å². The second-order valence-corrected chi connectivity index (χ2v) is 5.05. The second kappa shape index (κ2) is 4.80. The zero-order valence-corrected chi connectivity index (χ0v) is 10.9. The minimum absolute atomic E-state index is 0.255. The van der Waals surface area contributed by atoms with E-state index in [4.69, 9.17) is 11.6 Å². The molecule has 1 aliphatic rings. The molecule has 0 saturated carbocycles. The molecule has 1 N–H and O–H groups in total. The summed E-state index contributed by atoms with van der Waals surface area (Å²) in [7, 11) is 0. The molecule has 1 fully saturated rings. The van der Waals surface area contributed by atoms with Crippen LogP contribution in [0.5, 0.6) is 0 Å². The maximum Gasteiger partial charge on any atom is 0.224 e. The van der Waals surface area contributed by atoms with Crippen LogP contribution in [0.3, 0.4) is 0 Å². The number of hydrogen-bond donors (Lipinski definition) is 1. The summed E-state index contributed by atoms with van der Waals surface area (Å²) >= 11 is 7.94. The van der Waals surface area contributed by atoms with Crippen molar-refractivity contribution in [2.45, 2.75) is 18.9 Å². The number of aliphatic hydroxyl groups excluding tert-OH is 1. The fraction of sp³-hybridized carbons (Fsp3) is 0.556. The first-order chi connectivity index (χ1) is 7.16. The van der Waals surface area contributed by atoms with Crippen molar-refractivity contribution in [3.63, 3.8) is 0 Å². The summed E-state index contributed by atoms with van der Waals surface area (Å²) in [6.07, 6.45) is 3.29. The summed E-state index contributed by atoms with van der Waals surface area (Å²) in [6, 6.07) is 0. The van der Waals surface area contributed by atoms with Gasteiger partial charge in [0.05, 0.1) is 9.67 Å². The van der Waals surface area contributed by atoms with Crippen LogP contribution in [0.2, 0.25) is 5.28 Å². The molecular formula is C9H11ClIN3O. The molecule has 4 nitrogen and oxygen atoms in total. The highest BCUT2D eigenvalue weighted by molar-refractivity contribution is 14.1. The molecule has 0 radical (unpaired) electrons. The highest BCUT2D eigenvalue weighted by Crippen LogP contribution is 2.23. The number of hydrogen-bond acceptors (Lipinski definition) is 4. The Bertz CT molecular complexity index is 363. The lowest BCUT2D eigenvalue weighted by Gasteiger charge is -2.31. The highest BCUT2D eigenvalue weighted by Gasteiger charge is 2.20. The molecule has 0 bridgehead atoms. The van der Waals surface area contributed by atoms with Crippen molar-refractivity contribution < 1.29 is 5.11 Å². The van der Waals surface area contributed by atoms with Gasteiger partial charge in [0.1, 0.15) is 5.82 Å². The lowest BCUT2D eigenvalue weighted by Crippen LogP contribution is -2.39. The summed E-state index contributed by atoms with van der Waals surface area (Å²) in [5.41, 5.74) is 0. The normalized spacial score (nSPS) is 21.8. The van der Waals surface area contributed by atoms with E-state index in [-0.39, 0.29) is 11.4 Å². The lowest BCUT2D eigenvalue weighted by atomic mass is 10.1. The standard InChI is InChI=1S/C9H11ClIN3O/c10-9-12-4-7(11)8(13-9)14-3-1-2-6(15)5-14/h4,6,15H,1-3,5H2/t6-/m0/s1. The van der Waals surface area contributed by atoms with Crippen LogP contribution in [0, 0.1) is 3.57 Å². The molecule has 0 unspecified atom stereocenters. The lowest BCUT2D eigenvalue weighted by molar-refractivity contribution is 0.154. The van der Waals surface area contributed by atoms with Gasteiger partial charge in [-0.1, -0.05) is 0 Å². The number of nitrogens with zero attached hydrogens (tertiary/aromatic N) is 3. The molecule has 6 heteroatoms. The molecule has 1 aromatic heterocycles. The van der Waals surface area contributed by atoms with E-state index >= 15 is 0 Å². The zero-order valence-electron chi connectivity index (χ0n) is 8.03. The third-order valence-electron chi connectivity index (χ3n) is 2.39. The Balaban J connectivity index is 2.24. The smallest absolute Gasteiger partial charge is 0.224 e. The minimum Gasteiger partial charge on any atom is -0.391 e. The van der Waals surface area contributed by atoms with Crippen LogP contribution in [0.25, 0.3) is 0 Å². The molecule has 0 aromatic carbocycles. The van der Waals surface area contributed by atoms with Crippen LogP contribution in [0.15, 0.2) is 6.20 Å². The second-order valence-electron chi connectivity index (χ2n) is 3.55. The first-order valence-electron chi connectivity index (χ1n) is 4.78. The van der Waals surface area contributed by atoms with Crippen molar-refractivity contribution in [2.75, 3.05) is 18.0 Å². The first kappa shape index (κ1) is 11.3. The van der Waals surface area contributed by atoms with Crippen molar-refractivity contribution in [2.24, 2.45) is 0 Å². The molecule has 2 rings (SSSR count). The van der Waals surface area contributed by atoms with Crippen LogP contribution in [0.1, 0.15) is 12.8 Å². The van der Waals surface area contributed by atoms with Crippen LogP contribution in [0.4, 0.5) is 5.82 Å². The van der Waals surface area contributed by atoms with Crippen LogP contribution < -0.4 is 4.90 Å². The number of aliphatic hydroxyl groups is 1. The molecule has 0 aliphatic carbocycles. The Morgan fingerprint density at radius 3 is 3.13 bits per heavy atom. The number of β-amino-alcohol motifs (C(OH)–C–C–N with tert-alkyl or cyclic N) is 1. The van der Waals surface area contributed by atoms with Gasteiger partial charge in [0.25, 0.3) is 0 Å². The van der Waals surface area contributed by atoms with Gasteiger partial charge in [0, 0.05) is 19.3 Å². The molecule has 0 spiro atoms. The summed E-state index contributed by atoms with van der Waals surface area (Å²) < 4.78 is 0.964. The number of halogens is 2. The molecular weight excluding hydrogens is 328 g/mol. The van der Waals surface area contributed by atoms with E-state index in [9.17, 15) is 5.11 Å². The van der Waals surface area contributed by atoms with E-state index in [1.165, 1.54) is 0 Å². The number of piperidine rings is 1. The first-order valence-corrected chi connectivity index (χ1v) is 6.23. The average Bonchev–Trinajstić information content (AvgIpc) is 2.22. The monoisotopic (exact) mass is 339 g/mol. The molecule has 15 heavy (non-hydrogen) atoms. The average molecular weight is 340 g/mol. The van der Waals surface area contributed by atoms with Crippen LogP contribution >= 0.6 is 34.2 Å². The summed E-state index contributed by atoms with van der Waals surface area (Å²) in [6.45, 7) is 1.55. The van der Waals surface area contributed by atoms with Gasteiger partial charge < -0.3 is 10.0 Å². The Labute approximate surface area is 107 Å². The molecule has 1 aromatic rings. The van der Waals surface area contributed by atoms with E-state index in [0.29, 0.717) is 6.54 Å². The van der Waals surface area contributed by atoms with Crippen molar-refractivity contribution >= 4 is 40.0 Å². The van der Waals surface area contributed by atoms with Gasteiger partial charge in [-0.05, 0) is 47.0 Å². The van der Waals surface area contributed by atoms with Crippen molar-refractivity contribution in [3.05, 3.63) is 15.1 Å². The molecule has 2 heterocycles. The SMILES string of the molecule is O[C@H]1CCCN(c2nc(Cl)ncc2I)C1. The minimum atomic E-state index is -0.261. The predicted octanol–water partition coefficient (Wildman–Crippen LogP) is 1.70. The zero-order chi connectivity index (χ0) is 10.8. The summed E-state index contributed by atoms with van der Waals surface area (Å²) in [5.74, 6) is 0.828. The molecule has 82 valence electrons. The number of rotatable bonds is 1. The number of anilines is 1. The van der Waals surface area contributed by atoms with E-state index in [0.717, 1.165) is 28.8 Å². The predicted molar refractivity (Wildman–Crippen MR) is 67.2 cm³/mol. The van der Waals surface area contributed by atoms with Gasteiger partial charge in [0.2, 0.25) is 5.28 Å². The van der Waals surface area contributed by atoms with E-state index in [2.05, 4.69) is 37.5 Å². The van der Waals surface area contributed by atoms with Gasteiger partial charge in [-0.15, -0.1) is 0 Å². The Morgan fingerprint density at radius 2 is 2.40 bits per heavy atom. The van der Waals surface area contributed by atoms with Crippen molar-refractivity contribution in [1.29, 1.82) is 0 Å².